The maximum Gasteiger partial charge on any atom is 0.246 e. The third kappa shape index (κ3) is 15.2. The van der Waals surface area contributed by atoms with Gasteiger partial charge in [-0.25, -0.2) is 0 Å². The first kappa shape index (κ1) is 19.5. The van der Waals surface area contributed by atoms with E-state index in [1.807, 2.05) is 32.1 Å². The molecule has 0 saturated carbocycles. The van der Waals surface area contributed by atoms with E-state index in [9.17, 15) is 4.79 Å². The van der Waals surface area contributed by atoms with Gasteiger partial charge in [-0.05, 0) is 19.5 Å². The zero-order chi connectivity index (χ0) is 14.8. The minimum atomic E-state index is 0.0757. The van der Waals surface area contributed by atoms with Crippen molar-refractivity contribution in [2.45, 2.75) is 41.0 Å². The molecule has 108 valence electrons. The highest BCUT2D eigenvalue weighted by Gasteiger charge is 2.15. The van der Waals surface area contributed by atoms with Crippen molar-refractivity contribution in [1.29, 1.82) is 0 Å². The maximum atomic E-state index is 11.6. The second-order valence-corrected chi connectivity index (χ2v) is 6.13. The highest BCUT2D eigenvalue weighted by molar-refractivity contribution is 5.87. The maximum absolute atomic E-state index is 11.6. The smallest absolute Gasteiger partial charge is 0.246 e. The molecule has 0 N–H and O–H groups in total. The van der Waals surface area contributed by atoms with E-state index in [0.29, 0.717) is 0 Å². The van der Waals surface area contributed by atoms with Crippen LogP contribution in [0.5, 0.6) is 0 Å². The normalized spacial score (nSPS) is 11.4. The largest absolute Gasteiger partial charge is 0.342 e. The van der Waals surface area contributed by atoms with Gasteiger partial charge in [0.05, 0.1) is 0 Å². The van der Waals surface area contributed by atoms with Gasteiger partial charge >= 0.3 is 0 Å². The Bertz CT molecular complexity index is 239. The SMILES string of the molecule is CCC.CN(C)C/C=C/C(=O)N(C)CC(C)(C)C. The fourth-order valence-corrected chi connectivity index (χ4v) is 1.28. The lowest BCUT2D eigenvalue weighted by Crippen LogP contribution is -2.33. The Morgan fingerprint density at radius 2 is 1.56 bits per heavy atom. The highest BCUT2D eigenvalue weighted by Crippen LogP contribution is 2.14. The number of likely N-dealkylation sites (N-methyl/N-ethyl adjacent to an activating group) is 2. The summed E-state index contributed by atoms with van der Waals surface area (Å²) in [7, 11) is 5.80. The molecule has 0 aromatic rings. The second-order valence-electron chi connectivity index (χ2n) is 6.13. The molecule has 3 heteroatoms. The van der Waals surface area contributed by atoms with Crippen molar-refractivity contribution in [3.05, 3.63) is 12.2 Å². The number of hydrogen-bond donors (Lipinski definition) is 0. The highest BCUT2D eigenvalue weighted by atomic mass is 16.2. The van der Waals surface area contributed by atoms with E-state index in [4.69, 9.17) is 0 Å². The molecule has 0 spiro atoms. The van der Waals surface area contributed by atoms with Gasteiger partial charge < -0.3 is 9.80 Å². The summed E-state index contributed by atoms with van der Waals surface area (Å²) in [6, 6.07) is 0. The van der Waals surface area contributed by atoms with Crippen molar-refractivity contribution < 1.29 is 4.79 Å². The van der Waals surface area contributed by atoms with Crippen molar-refractivity contribution in [3.8, 4) is 0 Å². The zero-order valence-corrected chi connectivity index (χ0v) is 13.6. The Morgan fingerprint density at radius 1 is 1.11 bits per heavy atom. The minimum Gasteiger partial charge on any atom is -0.342 e. The van der Waals surface area contributed by atoms with E-state index >= 15 is 0 Å². The predicted molar refractivity (Wildman–Crippen MR) is 80.8 cm³/mol. The van der Waals surface area contributed by atoms with E-state index in [0.717, 1.165) is 13.1 Å². The van der Waals surface area contributed by atoms with Crippen LogP contribution in [-0.2, 0) is 4.79 Å². The van der Waals surface area contributed by atoms with Crippen LogP contribution in [0.25, 0.3) is 0 Å². The molecule has 0 aliphatic carbocycles. The van der Waals surface area contributed by atoms with Crippen LogP contribution in [0.3, 0.4) is 0 Å². The van der Waals surface area contributed by atoms with E-state index < -0.39 is 0 Å². The lowest BCUT2D eigenvalue weighted by molar-refractivity contribution is -0.125. The molecule has 1 amide bonds. The molecule has 18 heavy (non-hydrogen) atoms. The van der Waals surface area contributed by atoms with Gasteiger partial charge in [0, 0.05) is 26.2 Å². The van der Waals surface area contributed by atoms with Crippen LogP contribution in [0.1, 0.15) is 41.0 Å². The van der Waals surface area contributed by atoms with Crippen LogP contribution in [0, 0.1) is 5.41 Å². The van der Waals surface area contributed by atoms with Crippen molar-refractivity contribution in [2.75, 3.05) is 34.2 Å². The van der Waals surface area contributed by atoms with Gasteiger partial charge in [0.25, 0.3) is 0 Å². The minimum absolute atomic E-state index is 0.0757. The van der Waals surface area contributed by atoms with Gasteiger partial charge in [-0.15, -0.1) is 0 Å². The van der Waals surface area contributed by atoms with Gasteiger partial charge in [0.2, 0.25) is 5.91 Å². The lowest BCUT2D eigenvalue weighted by Gasteiger charge is -2.25. The summed E-state index contributed by atoms with van der Waals surface area (Å²) >= 11 is 0. The molecule has 0 aromatic heterocycles. The molecule has 0 fully saturated rings. The molecule has 0 aliphatic heterocycles. The summed E-state index contributed by atoms with van der Waals surface area (Å²) in [5.74, 6) is 0.0757. The molecule has 0 rings (SSSR count). The summed E-state index contributed by atoms with van der Waals surface area (Å²) < 4.78 is 0. The van der Waals surface area contributed by atoms with Crippen LogP contribution in [0.2, 0.25) is 0 Å². The van der Waals surface area contributed by atoms with Crippen molar-refractivity contribution >= 4 is 5.91 Å². The van der Waals surface area contributed by atoms with Crippen LogP contribution >= 0.6 is 0 Å². The Hall–Kier alpha value is -0.830. The van der Waals surface area contributed by atoms with Crippen molar-refractivity contribution in [1.82, 2.24) is 9.80 Å². The average Bonchev–Trinajstić information content (AvgIpc) is 2.15. The van der Waals surface area contributed by atoms with Gasteiger partial charge in [-0.3, -0.25) is 4.79 Å². The molecule has 0 radical (unpaired) electrons. The molecule has 0 heterocycles. The first-order valence-electron chi connectivity index (χ1n) is 6.70. The second kappa shape index (κ2) is 10.1. The molecule has 0 atom stereocenters. The van der Waals surface area contributed by atoms with Crippen LogP contribution in [0.4, 0.5) is 0 Å². The fourth-order valence-electron chi connectivity index (χ4n) is 1.28. The van der Waals surface area contributed by atoms with Crippen LogP contribution in [0.15, 0.2) is 12.2 Å². The molecule has 0 aliphatic rings. The zero-order valence-electron chi connectivity index (χ0n) is 13.6. The topological polar surface area (TPSA) is 23.6 Å². The quantitative estimate of drug-likeness (QED) is 0.722. The molecular formula is C15H32N2O. The van der Waals surface area contributed by atoms with Gasteiger partial charge in [-0.1, -0.05) is 47.1 Å². The first-order valence-corrected chi connectivity index (χ1v) is 6.70. The standard InChI is InChI=1S/C12H24N2O.C3H8/c1-12(2,3)10-14(6)11(15)8-7-9-13(4)5;1-3-2/h7-8H,9-10H2,1-6H3;3H2,1-2H3/b8-7+;. The Kier molecular flexibility index (Phi) is 11.0. The summed E-state index contributed by atoms with van der Waals surface area (Å²) in [6.07, 6.45) is 4.78. The third-order valence-electron chi connectivity index (χ3n) is 1.82. The lowest BCUT2D eigenvalue weighted by atomic mass is 9.96. The van der Waals surface area contributed by atoms with Gasteiger partial charge in [0.1, 0.15) is 0 Å². The molecule has 0 bridgehead atoms. The molecule has 0 unspecified atom stereocenters. The number of amides is 1. The van der Waals surface area contributed by atoms with Gasteiger partial charge in [-0.2, -0.15) is 0 Å². The Balaban J connectivity index is 0. The Labute approximate surface area is 114 Å². The number of carbonyl (C=O) groups excluding carboxylic acids is 1. The average molecular weight is 256 g/mol. The molecule has 0 aromatic carbocycles. The predicted octanol–water partition coefficient (Wildman–Crippen LogP) is 3.03. The number of hydrogen-bond acceptors (Lipinski definition) is 2. The van der Waals surface area contributed by atoms with E-state index in [1.54, 1.807) is 11.0 Å². The van der Waals surface area contributed by atoms with Crippen LogP contribution < -0.4 is 0 Å². The third-order valence-corrected chi connectivity index (χ3v) is 1.82. The van der Waals surface area contributed by atoms with E-state index in [2.05, 4.69) is 34.6 Å². The summed E-state index contributed by atoms with van der Waals surface area (Å²) in [5, 5.41) is 0. The van der Waals surface area contributed by atoms with Crippen molar-refractivity contribution in [2.24, 2.45) is 5.41 Å². The number of nitrogens with zero attached hydrogens (tertiary/aromatic N) is 2. The summed E-state index contributed by atoms with van der Waals surface area (Å²) in [4.78, 5) is 15.4. The molecule has 3 nitrogen and oxygen atoms in total. The van der Waals surface area contributed by atoms with Gasteiger partial charge in [0.15, 0.2) is 0 Å². The monoisotopic (exact) mass is 256 g/mol. The van der Waals surface area contributed by atoms with E-state index in [1.165, 1.54) is 6.42 Å². The molecule has 0 saturated heterocycles. The summed E-state index contributed by atoms with van der Waals surface area (Å²) in [6.45, 7) is 12.2. The fraction of sp³-hybridized carbons (Fsp3) is 0.800. The van der Waals surface area contributed by atoms with Crippen molar-refractivity contribution in [3.63, 3.8) is 0 Å². The Morgan fingerprint density at radius 3 is 1.89 bits per heavy atom. The number of rotatable bonds is 4. The van der Waals surface area contributed by atoms with Crippen LogP contribution in [-0.4, -0.2) is 49.9 Å². The molecular weight excluding hydrogens is 224 g/mol. The first-order chi connectivity index (χ1) is 8.14. The summed E-state index contributed by atoms with van der Waals surface area (Å²) in [5.41, 5.74) is 0.153. The van der Waals surface area contributed by atoms with E-state index in [-0.39, 0.29) is 11.3 Å². The number of carbonyl (C=O) groups is 1.